The minimum Gasteiger partial charge on any atom is -0.338 e. The first kappa shape index (κ1) is 15.7. The summed E-state index contributed by atoms with van der Waals surface area (Å²) in [5, 5.41) is 14.6. The van der Waals surface area contributed by atoms with Gasteiger partial charge in [0.2, 0.25) is 0 Å². The molecule has 114 valence electrons. The number of hydrogen-bond acceptors (Lipinski definition) is 4. The van der Waals surface area contributed by atoms with E-state index >= 15 is 0 Å². The average molecular weight is 312 g/mol. The molecule has 1 aliphatic heterocycles. The third-order valence-electron chi connectivity index (χ3n) is 3.80. The van der Waals surface area contributed by atoms with Gasteiger partial charge in [0, 0.05) is 24.2 Å². The topological polar surface area (TPSA) is 75.5 Å². The zero-order valence-electron chi connectivity index (χ0n) is 11.8. The lowest BCUT2D eigenvalue weighted by molar-refractivity contribution is -0.385. The Balaban J connectivity index is 2.24. The Labute approximate surface area is 128 Å². The van der Waals surface area contributed by atoms with Crippen molar-refractivity contribution in [1.82, 2.24) is 10.2 Å². The van der Waals surface area contributed by atoms with Crippen LogP contribution in [0.3, 0.4) is 0 Å². The van der Waals surface area contributed by atoms with Gasteiger partial charge in [-0.15, -0.1) is 0 Å². The molecule has 1 aromatic rings. The van der Waals surface area contributed by atoms with Gasteiger partial charge in [-0.05, 0) is 44.5 Å². The van der Waals surface area contributed by atoms with Crippen molar-refractivity contribution in [2.75, 3.05) is 20.1 Å². The van der Waals surface area contributed by atoms with Crippen LogP contribution in [-0.4, -0.2) is 41.9 Å². The molecule has 0 aliphatic carbocycles. The van der Waals surface area contributed by atoms with E-state index in [2.05, 4.69) is 5.32 Å². The fraction of sp³-hybridized carbons (Fsp3) is 0.500. The van der Waals surface area contributed by atoms with Crippen LogP contribution in [0.5, 0.6) is 0 Å². The first-order valence-electron chi connectivity index (χ1n) is 6.92. The molecule has 0 bridgehead atoms. The van der Waals surface area contributed by atoms with Crippen molar-refractivity contribution < 1.29 is 9.72 Å². The molecule has 0 spiro atoms. The summed E-state index contributed by atoms with van der Waals surface area (Å²) in [5.74, 6) is -0.328. The number of nitrogens with zero attached hydrogens (tertiary/aromatic N) is 2. The maximum atomic E-state index is 12.6. The fourth-order valence-corrected chi connectivity index (χ4v) is 2.75. The SMILES string of the molecule is CN(C(=O)c1ccc(Cl)cc1[N+](=O)[O-])C1CCCNCC1. The van der Waals surface area contributed by atoms with Gasteiger partial charge in [-0.25, -0.2) is 0 Å². The maximum Gasteiger partial charge on any atom is 0.283 e. The molecular weight excluding hydrogens is 294 g/mol. The summed E-state index contributed by atoms with van der Waals surface area (Å²) in [6, 6.07) is 4.25. The van der Waals surface area contributed by atoms with E-state index in [0.29, 0.717) is 0 Å². The first-order valence-corrected chi connectivity index (χ1v) is 7.30. The van der Waals surface area contributed by atoms with Crippen LogP contribution in [0.4, 0.5) is 5.69 Å². The summed E-state index contributed by atoms with van der Waals surface area (Å²) in [6.45, 7) is 1.80. The van der Waals surface area contributed by atoms with E-state index in [1.807, 2.05) is 0 Å². The number of hydrogen-bond donors (Lipinski definition) is 1. The van der Waals surface area contributed by atoms with Crippen LogP contribution in [0, 0.1) is 10.1 Å². The number of nitro groups is 1. The Morgan fingerprint density at radius 1 is 1.43 bits per heavy atom. The molecule has 1 fully saturated rings. The molecule has 0 saturated carbocycles. The van der Waals surface area contributed by atoms with Crippen molar-refractivity contribution in [1.29, 1.82) is 0 Å². The number of amides is 1. The lowest BCUT2D eigenvalue weighted by atomic mass is 10.1. The van der Waals surface area contributed by atoms with Gasteiger partial charge in [-0.1, -0.05) is 11.6 Å². The Morgan fingerprint density at radius 3 is 2.90 bits per heavy atom. The summed E-state index contributed by atoms with van der Waals surface area (Å²) in [5.41, 5.74) is -0.157. The Kier molecular flexibility index (Phi) is 5.14. The van der Waals surface area contributed by atoms with Crippen LogP contribution in [0.1, 0.15) is 29.6 Å². The molecule has 2 rings (SSSR count). The Morgan fingerprint density at radius 2 is 2.19 bits per heavy atom. The highest BCUT2D eigenvalue weighted by Crippen LogP contribution is 2.25. The third-order valence-corrected chi connectivity index (χ3v) is 4.04. The predicted molar refractivity (Wildman–Crippen MR) is 80.7 cm³/mol. The summed E-state index contributed by atoms with van der Waals surface area (Å²) in [7, 11) is 1.71. The molecule has 0 aromatic heterocycles. The van der Waals surface area contributed by atoms with Crippen LogP contribution in [0.2, 0.25) is 5.02 Å². The fourth-order valence-electron chi connectivity index (χ4n) is 2.58. The summed E-state index contributed by atoms with van der Waals surface area (Å²) < 4.78 is 0. The second kappa shape index (κ2) is 6.87. The summed E-state index contributed by atoms with van der Waals surface area (Å²) in [6.07, 6.45) is 2.74. The number of carbonyl (C=O) groups is 1. The lowest BCUT2D eigenvalue weighted by Gasteiger charge is -2.27. The van der Waals surface area contributed by atoms with E-state index in [1.165, 1.54) is 18.2 Å². The third kappa shape index (κ3) is 3.71. The molecule has 6 nitrogen and oxygen atoms in total. The van der Waals surface area contributed by atoms with Crippen LogP contribution >= 0.6 is 11.6 Å². The van der Waals surface area contributed by atoms with Crippen LogP contribution in [-0.2, 0) is 0 Å². The predicted octanol–water partition coefficient (Wildman–Crippen LogP) is 2.46. The zero-order chi connectivity index (χ0) is 15.4. The van der Waals surface area contributed by atoms with E-state index in [9.17, 15) is 14.9 Å². The van der Waals surface area contributed by atoms with Crippen molar-refractivity contribution in [2.24, 2.45) is 0 Å². The van der Waals surface area contributed by atoms with E-state index in [4.69, 9.17) is 11.6 Å². The normalized spacial score (nSPS) is 18.9. The highest BCUT2D eigenvalue weighted by Gasteiger charge is 2.27. The zero-order valence-corrected chi connectivity index (χ0v) is 12.6. The van der Waals surface area contributed by atoms with Crippen LogP contribution in [0.25, 0.3) is 0 Å². The van der Waals surface area contributed by atoms with E-state index in [-0.39, 0.29) is 28.2 Å². The highest BCUT2D eigenvalue weighted by atomic mass is 35.5. The molecule has 1 aromatic carbocycles. The maximum absolute atomic E-state index is 12.6. The van der Waals surface area contributed by atoms with Gasteiger partial charge in [-0.3, -0.25) is 14.9 Å². The van der Waals surface area contributed by atoms with Gasteiger partial charge in [0.05, 0.1) is 4.92 Å². The number of rotatable bonds is 3. The molecule has 1 heterocycles. The van der Waals surface area contributed by atoms with Gasteiger partial charge in [0.15, 0.2) is 0 Å². The van der Waals surface area contributed by atoms with E-state index in [0.717, 1.165) is 32.4 Å². The Bertz CT molecular complexity index is 542. The average Bonchev–Trinajstić information content (AvgIpc) is 2.74. The summed E-state index contributed by atoms with van der Waals surface area (Å²) in [4.78, 5) is 24.7. The van der Waals surface area contributed by atoms with Crippen molar-refractivity contribution >= 4 is 23.2 Å². The number of nitro benzene ring substituents is 1. The van der Waals surface area contributed by atoms with Crippen molar-refractivity contribution in [3.63, 3.8) is 0 Å². The monoisotopic (exact) mass is 311 g/mol. The molecule has 7 heteroatoms. The van der Waals surface area contributed by atoms with Crippen LogP contribution < -0.4 is 5.32 Å². The van der Waals surface area contributed by atoms with Crippen LogP contribution in [0.15, 0.2) is 18.2 Å². The summed E-state index contributed by atoms with van der Waals surface area (Å²) >= 11 is 5.78. The number of halogens is 1. The van der Waals surface area contributed by atoms with Crippen molar-refractivity contribution in [3.8, 4) is 0 Å². The molecule has 1 atom stereocenters. The minimum atomic E-state index is -0.568. The van der Waals surface area contributed by atoms with Gasteiger partial charge in [0.25, 0.3) is 11.6 Å². The molecule has 1 amide bonds. The molecule has 1 N–H and O–H groups in total. The first-order chi connectivity index (χ1) is 10.0. The smallest absolute Gasteiger partial charge is 0.283 e. The minimum absolute atomic E-state index is 0.0871. The van der Waals surface area contributed by atoms with Crippen molar-refractivity contribution in [3.05, 3.63) is 38.9 Å². The van der Waals surface area contributed by atoms with Gasteiger partial charge < -0.3 is 10.2 Å². The standard InChI is InChI=1S/C14H18ClN3O3/c1-17(11-3-2-7-16-8-6-11)14(19)12-5-4-10(15)9-13(12)18(20)21/h4-5,9,11,16H,2-3,6-8H2,1H3. The quantitative estimate of drug-likeness (QED) is 0.687. The lowest BCUT2D eigenvalue weighted by Crippen LogP contribution is -2.37. The van der Waals surface area contributed by atoms with Gasteiger partial charge in [-0.2, -0.15) is 0 Å². The molecule has 21 heavy (non-hydrogen) atoms. The number of nitrogens with one attached hydrogen (secondary N) is 1. The second-order valence-corrected chi connectivity index (χ2v) is 5.61. The number of carbonyl (C=O) groups excluding carboxylic acids is 1. The molecule has 1 saturated heterocycles. The largest absolute Gasteiger partial charge is 0.338 e. The highest BCUT2D eigenvalue weighted by molar-refractivity contribution is 6.31. The Hall–Kier alpha value is -1.66. The molecule has 1 aliphatic rings. The molecular formula is C14H18ClN3O3. The van der Waals surface area contributed by atoms with Gasteiger partial charge >= 0.3 is 0 Å². The van der Waals surface area contributed by atoms with E-state index in [1.54, 1.807) is 11.9 Å². The second-order valence-electron chi connectivity index (χ2n) is 5.17. The van der Waals surface area contributed by atoms with E-state index < -0.39 is 4.92 Å². The molecule has 0 radical (unpaired) electrons. The van der Waals surface area contributed by atoms with Gasteiger partial charge in [0.1, 0.15) is 5.56 Å². The molecule has 1 unspecified atom stereocenters. The number of benzene rings is 1. The van der Waals surface area contributed by atoms with Crippen molar-refractivity contribution in [2.45, 2.75) is 25.3 Å².